The van der Waals surface area contributed by atoms with Gasteiger partial charge in [0.2, 0.25) is 0 Å². The molecule has 0 aliphatic heterocycles. The van der Waals surface area contributed by atoms with Crippen LogP contribution in [0, 0.1) is 6.92 Å². The highest BCUT2D eigenvalue weighted by molar-refractivity contribution is 7.09. The van der Waals surface area contributed by atoms with E-state index in [-0.39, 0.29) is 6.04 Å². The molecule has 1 atom stereocenters. The third kappa shape index (κ3) is 2.62. The van der Waals surface area contributed by atoms with Gasteiger partial charge in [-0.05, 0) is 27.3 Å². The van der Waals surface area contributed by atoms with Crippen molar-refractivity contribution in [3.63, 3.8) is 0 Å². The first kappa shape index (κ1) is 13.2. The Morgan fingerprint density at radius 1 is 1.44 bits per heavy atom. The maximum Gasteiger partial charge on any atom is 0.116 e. The Kier molecular flexibility index (Phi) is 4.14. The molecule has 0 spiro atoms. The molecule has 1 N–H and O–H groups in total. The van der Waals surface area contributed by atoms with Crippen LogP contribution in [0.5, 0.6) is 0 Å². The first-order valence-corrected chi connectivity index (χ1v) is 7.18. The second-order valence-corrected chi connectivity index (χ2v) is 5.53. The number of hydrogen-bond acceptors (Lipinski definition) is 4. The van der Waals surface area contributed by atoms with Crippen LogP contribution >= 0.6 is 11.3 Å². The van der Waals surface area contributed by atoms with Crippen molar-refractivity contribution in [3.8, 4) is 0 Å². The molecule has 98 valence electrons. The van der Waals surface area contributed by atoms with Gasteiger partial charge in [0.05, 0.1) is 18.2 Å². The summed E-state index contributed by atoms with van der Waals surface area (Å²) in [7, 11) is 0. The maximum atomic E-state index is 4.60. The van der Waals surface area contributed by atoms with Gasteiger partial charge in [-0.1, -0.05) is 6.92 Å². The Morgan fingerprint density at radius 3 is 2.78 bits per heavy atom. The van der Waals surface area contributed by atoms with Gasteiger partial charge in [-0.25, -0.2) is 9.97 Å². The predicted molar refractivity (Wildman–Crippen MR) is 75.0 cm³/mol. The minimum absolute atomic E-state index is 0.138. The quantitative estimate of drug-likeness (QED) is 0.903. The molecule has 0 bridgehead atoms. The molecule has 0 saturated carbocycles. The molecule has 2 aromatic rings. The van der Waals surface area contributed by atoms with Crippen LogP contribution in [0.3, 0.4) is 0 Å². The summed E-state index contributed by atoms with van der Waals surface area (Å²) < 4.78 is 2.20. The van der Waals surface area contributed by atoms with E-state index in [1.54, 1.807) is 11.3 Å². The highest BCUT2D eigenvalue weighted by Crippen LogP contribution is 2.26. The van der Waals surface area contributed by atoms with Crippen molar-refractivity contribution in [2.45, 2.75) is 39.8 Å². The minimum atomic E-state index is 0.138. The van der Waals surface area contributed by atoms with Crippen molar-refractivity contribution in [2.24, 2.45) is 0 Å². The van der Waals surface area contributed by atoms with Crippen molar-refractivity contribution in [1.82, 2.24) is 19.9 Å². The van der Waals surface area contributed by atoms with Crippen LogP contribution in [-0.4, -0.2) is 21.1 Å². The third-order valence-corrected chi connectivity index (χ3v) is 3.87. The molecule has 0 aliphatic rings. The molecular weight excluding hydrogens is 244 g/mol. The van der Waals surface area contributed by atoms with Gasteiger partial charge in [0.25, 0.3) is 0 Å². The monoisotopic (exact) mass is 264 g/mol. The van der Waals surface area contributed by atoms with Crippen LogP contribution in [0.2, 0.25) is 0 Å². The van der Waals surface area contributed by atoms with Gasteiger partial charge < -0.3 is 9.88 Å². The Balaban J connectivity index is 2.38. The zero-order chi connectivity index (χ0) is 13.1. The molecule has 4 nitrogen and oxygen atoms in total. The Bertz CT molecular complexity index is 501. The van der Waals surface area contributed by atoms with Gasteiger partial charge in [0.1, 0.15) is 11.0 Å². The highest BCUT2D eigenvalue weighted by Gasteiger charge is 2.21. The molecule has 2 rings (SSSR count). The SMILES string of the molecule is CCNC(c1nc(C)cs1)c1cncn1C(C)C. The van der Waals surface area contributed by atoms with E-state index in [0.29, 0.717) is 6.04 Å². The first-order chi connectivity index (χ1) is 8.63. The summed E-state index contributed by atoms with van der Waals surface area (Å²) in [6.45, 7) is 9.39. The molecule has 0 fully saturated rings. The standard InChI is InChI=1S/C13H20N4S/c1-5-15-12(13-16-10(4)7-18-13)11-6-14-8-17(11)9(2)3/h6-9,12,15H,5H2,1-4H3. The lowest BCUT2D eigenvalue weighted by Gasteiger charge is -2.19. The van der Waals surface area contributed by atoms with Gasteiger partial charge in [-0.3, -0.25) is 0 Å². The number of nitrogens with one attached hydrogen (secondary N) is 1. The largest absolute Gasteiger partial charge is 0.330 e. The van der Waals surface area contributed by atoms with Crippen LogP contribution < -0.4 is 5.32 Å². The van der Waals surface area contributed by atoms with Gasteiger partial charge in [0, 0.05) is 17.1 Å². The molecule has 18 heavy (non-hydrogen) atoms. The van der Waals surface area contributed by atoms with Gasteiger partial charge in [-0.2, -0.15) is 0 Å². The Hall–Kier alpha value is -1.20. The van der Waals surface area contributed by atoms with Crippen LogP contribution in [0.25, 0.3) is 0 Å². The average molecular weight is 264 g/mol. The highest BCUT2D eigenvalue weighted by atomic mass is 32.1. The van der Waals surface area contributed by atoms with Crippen molar-refractivity contribution in [1.29, 1.82) is 0 Å². The molecule has 2 aromatic heterocycles. The molecule has 0 radical (unpaired) electrons. The van der Waals surface area contributed by atoms with E-state index in [1.165, 1.54) is 5.69 Å². The number of rotatable bonds is 5. The lowest BCUT2D eigenvalue weighted by atomic mass is 10.2. The molecule has 2 heterocycles. The fraction of sp³-hybridized carbons (Fsp3) is 0.538. The van der Waals surface area contributed by atoms with E-state index < -0.39 is 0 Å². The van der Waals surface area contributed by atoms with Crippen molar-refractivity contribution >= 4 is 11.3 Å². The number of nitrogens with zero attached hydrogens (tertiary/aromatic N) is 3. The lowest BCUT2D eigenvalue weighted by molar-refractivity contribution is 0.521. The van der Waals surface area contributed by atoms with E-state index in [4.69, 9.17) is 0 Å². The summed E-state index contributed by atoms with van der Waals surface area (Å²) in [5.41, 5.74) is 2.26. The minimum Gasteiger partial charge on any atom is -0.330 e. The Morgan fingerprint density at radius 2 is 2.22 bits per heavy atom. The van der Waals surface area contributed by atoms with Crippen molar-refractivity contribution in [3.05, 3.63) is 34.3 Å². The second-order valence-electron chi connectivity index (χ2n) is 4.64. The normalized spacial score (nSPS) is 13.2. The van der Waals surface area contributed by atoms with Crippen LogP contribution in [0.15, 0.2) is 17.9 Å². The number of thiazole rings is 1. The number of aryl methyl sites for hydroxylation is 1. The van der Waals surface area contributed by atoms with Crippen molar-refractivity contribution < 1.29 is 0 Å². The molecule has 0 saturated heterocycles. The second kappa shape index (κ2) is 5.63. The van der Waals surface area contributed by atoms with Crippen LogP contribution in [0.1, 0.15) is 49.3 Å². The number of aromatic nitrogens is 3. The van der Waals surface area contributed by atoms with Gasteiger partial charge in [0.15, 0.2) is 0 Å². The fourth-order valence-electron chi connectivity index (χ4n) is 2.00. The van der Waals surface area contributed by atoms with Gasteiger partial charge >= 0.3 is 0 Å². The van der Waals surface area contributed by atoms with E-state index in [1.807, 2.05) is 19.4 Å². The maximum absolute atomic E-state index is 4.60. The predicted octanol–water partition coefficient (Wildman–Crippen LogP) is 2.93. The van der Waals surface area contributed by atoms with E-state index in [9.17, 15) is 0 Å². The summed E-state index contributed by atoms with van der Waals surface area (Å²) in [6, 6.07) is 0.545. The summed E-state index contributed by atoms with van der Waals surface area (Å²) in [6.07, 6.45) is 3.83. The first-order valence-electron chi connectivity index (χ1n) is 6.30. The molecule has 5 heteroatoms. The topological polar surface area (TPSA) is 42.7 Å². The Labute approximate surface area is 112 Å². The summed E-state index contributed by atoms with van der Waals surface area (Å²) in [4.78, 5) is 8.88. The third-order valence-electron chi connectivity index (χ3n) is 2.84. The number of hydrogen-bond donors (Lipinski definition) is 1. The average Bonchev–Trinajstić information content (AvgIpc) is 2.94. The fourth-order valence-corrected chi connectivity index (χ4v) is 2.88. The number of imidazole rings is 1. The summed E-state index contributed by atoms with van der Waals surface area (Å²) >= 11 is 1.70. The summed E-state index contributed by atoms with van der Waals surface area (Å²) in [5.74, 6) is 0. The van der Waals surface area contributed by atoms with Crippen LogP contribution in [-0.2, 0) is 0 Å². The molecular formula is C13H20N4S. The zero-order valence-electron chi connectivity index (χ0n) is 11.3. The molecule has 0 amide bonds. The van der Waals surface area contributed by atoms with Crippen LogP contribution in [0.4, 0.5) is 0 Å². The van der Waals surface area contributed by atoms with E-state index in [0.717, 1.165) is 17.2 Å². The molecule has 0 aliphatic carbocycles. The van der Waals surface area contributed by atoms with E-state index >= 15 is 0 Å². The molecule has 1 unspecified atom stereocenters. The zero-order valence-corrected chi connectivity index (χ0v) is 12.2. The van der Waals surface area contributed by atoms with Gasteiger partial charge in [-0.15, -0.1) is 11.3 Å². The smallest absolute Gasteiger partial charge is 0.116 e. The van der Waals surface area contributed by atoms with E-state index in [2.05, 4.69) is 46.0 Å². The summed E-state index contributed by atoms with van der Waals surface area (Å²) in [5, 5.41) is 6.70. The lowest BCUT2D eigenvalue weighted by Crippen LogP contribution is -2.24. The molecule has 0 aromatic carbocycles. The van der Waals surface area contributed by atoms with Crippen molar-refractivity contribution in [2.75, 3.05) is 6.54 Å².